The van der Waals surface area contributed by atoms with Gasteiger partial charge in [-0.15, -0.1) is 0 Å². The third-order valence-corrected chi connectivity index (χ3v) is 0.653. The summed E-state index contributed by atoms with van der Waals surface area (Å²) >= 11 is 0. The first-order valence-electron chi connectivity index (χ1n) is 2.73. The van der Waals surface area contributed by atoms with Gasteiger partial charge in [-0.3, -0.25) is 4.99 Å². The lowest BCUT2D eigenvalue weighted by atomic mass is 10.5. The minimum absolute atomic E-state index is 1.06. The molecule has 2 nitrogen and oxygen atoms in total. The highest BCUT2D eigenvalue weighted by atomic mass is 14.9. The van der Waals surface area contributed by atoms with E-state index in [0.717, 1.165) is 6.42 Å². The second-order valence-electron chi connectivity index (χ2n) is 1.36. The third-order valence-electron chi connectivity index (χ3n) is 0.653. The molecule has 1 N–H and O–H groups in total. The maximum Gasteiger partial charge on any atom is 0.0859 e. The molecule has 0 aromatic carbocycles. The standard InChI is InChI=1S/C6H12N2/c1-3-4-5-8-6-7-2/h4-6H,3H2,1-2H3,(H,7,8)/b5-4+. The van der Waals surface area contributed by atoms with Crippen LogP contribution in [0.1, 0.15) is 13.3 Å². The average Bonchev–Trinajstić information content (AvgIpc) is 1.81. The zero-order chi connectivity index (χ0) is 6.24. The molecule has 0 aliphatic carbocycles. The summed E-state index contributed by atoms with van der Waals surface area (Å²) in [4.78, 5) is 3.72. The summed E-state index contributed by atoms with van der Waals surface area (Å²) in [5.41, 5.74) is 0. The Morgan fingerprint density at radius 1 is 1.62 bits per heavy atom. The highest BCUT2D eigenvalue weighted by molar-refractivity contribution is 5.55. The van der Waals surface area contributed by atoms with Gasteiger partial charge in [-0.25, -0.2) is 0 Å². The van der Waals surface area contributed by atoms with Gasteiger partial charge in [0, 0.05) is 7.05 Å². The van der Waals surface area contributed by atoms with Crippen molar-refractivity contribution in [2.24, 2.45) is 4.99 Å². The van der Waals surface area contributed by atoms with Crippen molar-refractivity contribution in [1.82, 2.24) is 5.32 Å². The molecule has 8 heavy (non-hydrogen) atoms. The van der Waals surface area contributed by atoms with Crippen LogP contribution in [0, 0.1) is 0 Å². The van der Waals surface area contributed by atoms with Gasteiger partial charge in [0.1, 0.15) is 0 Å². The van der Waals surface area contributed by atoms with Crippen LogP contribution in [0.25, 0.3) is 0 Å². The van der Waals surface area contributed by atoms with E-state index in [1.165, 1.54) is 0 Å². The fourth-order valence-corrected chi connectivity index (χ4v) is 0.303. The van der Waals surface area contributed by atoms with Crippen LogP contribution in [0.15, 0.2) is 17.3 Å². The van der Waals surface area contributed by atoms with E-state index in [4.69, 9.17) is 0 Å². The van der Waals surface area contributed by atoms with Crippen molar-refractivity contribution in [2.75, 3.05) is 7.05 Å². The van der Waals surface area contributed by atoms with Gasteiger partial charge in [0.15, 0.2) is 0 Å². The van der Waals surface area contributed by atoms with Crippen molar-refractivity contribution in [2.45, 2.75) is 13.3 Å². The lowest BCUT2D eigenvalue weighted by Crippen LogP contribution is -1.98. The first-order valence-corrected chi connectivity index (χ1v) is 2.73. The number of nitrogens with one attached hydrogen (secondary N) is 1. The van der Waals surface area contributed by atoms with Crippen molar-refractivity contribution in [3.05, 3.63) is 12.3 Å². The number of allylic oxidation sites excluding steroid dienone is 1. The van der Waals surface area contributed by atoms with Gasteiger partial charge in [-0.2, -0.15) is 0 Å². The quantitative estimate of drug-likeness (QED) is 0.430. The van der Waals surface area contributed by atoms with Crippen LogP contribution in [-0.4, -0.2) is 13.4 Å². The Balaban J connectivity index is 3.03. The Kier molecular flexibility index (Phi) is 5.60. The molecule has 0 heterocycles. The number of aliphatic imine (C=N–C) groups is 1. The minimum atomic E-state index is 1.06. The second kappa shape index (κ2) is 6.21. The minimum Gasteiger partial charge on any atom is -0.353 e. The van der Waals surface area contributed by atoms with Crippen LogP contribution in [-0.2, 0) is 0 Å². The number of nitrogens with zero attached hydrogens (tertiary/aromatic N) is 1. The summed E-state index contributed by atoms with van der Waals surface area (Å²) in [6.45, 7) is 2.08. The van der Waals surface area contributed by atoms with Crippen molar-refractivity contribution in [3.8, 4) is 0 Å². The molecule has 0 saturated carbocycles. The molecule has 0 rings (SSSR count). The highest BCUT2D eigenvalue weighted by Gasteiger charge is 1.62. The molecule has 0 atom stereocenters. The molecule has 0 amide bonds. The lowest BCUT2D eigenvalue weighted by Gasteiger charge is -1.83. The summed E-state index contributed by atoms with van der Waals surface area (Å²) in [5.74, 6) is 0. The van der Waals surface area contributed by atoms with E-state index < -0.39 is 0 Å². The SMILES string of the molecule is CC/C=C/N/C=N/C. The topological polar surface area (TPSA) is 24.4 Å². The maximum absolute atomic E-state index is 3.72. The van der Waals surface area contributed by atoms with Gasteiger partial charge in [0.2, 0.25) is 0 Å². The largest absolute Gasteiger partial charge is 0.353 e. The van der Waals surface area contributed by atoms with Gasteiger partial charge in [-0.05, 0) is 12.6 Å². The summed E-state index contributed by atoms with van der Waals surface area (Å²) in [6.07, 6.45) is 6.60. The average molecular weight is 112 g/mol. The molecule has 0 fully saturated rings. The monoisotopic (exact) mass is 112 g/mol. The molecule has 0 aromatic heterocycles. The van der Waals surface area contributed by atoms with Crippen LogP contribution >= 0.6 is 0 Å². The smallest absolute Gasteiger partial charge is 0.0859 e. The van der Waals surface area contributed by atoms with E-state index in [-0.39, 0.29) is 0 Å². The summed E-state index contributed by atoms with van der Waals surface area (Å²) in [7, 11) is 1.73. The van der Waals surface area contributed by atoms with Crippen molar-refractivity contribution >= 4 is 6.34 Å². The van der Waals surface area contributed by atoms with E-state index in [2.05, 4.69) is 17.2 Å². The fraction of sp³-hybridized carbons (Fsp3) is 0.500. The Labute approximate surface area is 50.3 Å². The molecular weight excluding hydrogens is 100 g/mol. The van der Waals surface area contributed by atoms with Gasteiger partial charge in [0.25, 0.3) is 0 Å². The Hall–Kier alpha value is -0.790. The summed E-state index contributed by atoms with van der Waals surface area (Å²) in [6, 6.07) is 0. The van der Waals surface area contributed by atoms with Crippen molar-refractivity contribution in [3.63, 3.8) is 0 Å². The Morgan fingerprint density at radius 3 is 2.88 bits per heavy atom. The van der Waals surface area contributed by atoms with Gasteiger partial charge in [0.05, 0.1) is 6.34 Å². The second-order valence-corrected chi connectivity index (χ2v) is 1.36. The van der Waals surface area contributed by atoms with Gasteiger partial charge >= 0.3 is 0 Å². The Morgan fingerprint density at radius 2 is 2.38 bits per heavy atom. The number of hydrogen-bond acceptors (Lipinski definition) is 1. The first-order chi connectivity index (χ1) is 3.91. The van der Waals surface area contributed by atoms with Crippen LogP contribution in [0.3, 0.4) is 0 Å². The van der Waals surface area contributed by atoms with Gasteiger partial charge in [-0.1, -0.05) is 13.0 Å². The molecule has 0 aliphatic rings. The fourth-order valence-electron chi connectivity index (χ4n) is 0.303. The zero-order valence-corrected chi connectivity index (χ0v) is 5.39. The number of hydrogen-bond donors (Lipinski definition) is 1. The first kappa shape index (κ1) is 7.21. The third kappa shape index (κ3) is 5.21. The van der Waals surface area contributed by atoms with Crippen LogP contribution < -0.4 is 5.32 Å². The summed E-state index contributed by atoms with van der Waals surface area (Å²) < 4.78 is 0. The molecule has 0 saturated heterocycles. The van der Waals surface area contributed by atoms with E-state index >= 15 is 0 Å². The van der Waals surface area contributed by atoms with E-state index in [9.17, 15) is 0 Å². The molecule has 0 aliphatic heterocycles. The zero-order valence-electron chi connectivity index (χ0n) is 5.39. The normalized spacial score (nSPS) is 11.2. The molecule has 2 heteroatoms. The Bertz CT molecular complexity index is 84.5. The molecule has 46 valence electrons. The molecule has 0 unspecified atom stereocenters. The lowest BCUT2D eigenvalue weighted by molar-refractivity contribution is 1.18. The van der Waals surface area contributed by atoms with E-state index in [1.54, 1.807) is 13.4 Å². The predicted octanol–water partition coefficient (Wildman–Crippen LogP) is 1.16. The molecule has 0 aromatic rings. The van der Waals surface area contributed by atoms with Crippen LogP contribution in [0.2, 0.25) is 0 Å². The predicted molar refractivity (Wildman–Crippen MR) is 37.0 cm³/mol. The van der Waals surface area contributed by atoms with Crippen molar-refractivity contribution in [1.29, 1.82) is 0 Å². The maximum atomic E-state index is 3.72. The van der Waals surface area contributed by atoms with Crippen molar-refractivity contribution < 1.29 is 0 Å². The molecular formula is C6H12N2. The molecule has 0 radical (unpaired) electrons. The molecule has 0 spiro atoms. The van der Waals surface area contributed by atoms with E-state index in [0.29, 0.717) is 0 Å². The van der Waals surface area contributed by atoms with Gasteiger partial charge < -0.3 is 5.32 Å². The summed E-state index contributed by atoms with van der Waals surface area (Å²) in [5, 5.41) is 2.86. The highest BCUT2D eigenvalue weighted by Crippen LogP contribution is 1.72. The number of rotatable bonds is 3. The van der Waals surface area contributed by atoms with Crippen LogP contribution in [0.5, 0.6) is 0 Å². The van der Waals surface area contributed by atoms with E-state index in [1.807, 2.05) is 12.3 Å². The molecule has 0 bridgehead atoms. The van der Waals surface area contributed by atoms with Crippen LogP contribution in [0.4, 0.5) is 0 Å².